The molecule has 0 radical (unpaired) electrons. The van der Waals surface area contributed by atoms with Gasteiger partial charge in [-0.05, 0) is 0 Å². The molecule has 0 aromatic heterocycles. The predicted molar refractivity (Wildman–Crippen MR) is 44.5 cm³/mol. The molecular formula is C5H9BrCl2O. The summed E-state index contributed by atoms with van der Waals surface area (Å²) in [4.78, 5) is 0. The summed E-state index contributed by atoms with van der Waals surface area (Å²) in [6.45, 7) is 1.81. The zero-order chi connectivity index (χ0) is 7.49. The second-order valence-electron chi connectivity index (χ2n) is 2.26. The van der Waals surface area contributed by atoms with Gasteiger partial charge >= 0.3 is 0 Å². The molecule has 1 N–H and O–H groups in total. The summed E-state index contributed by atoms with van der Waals surface area (Å²) in [6.07, 6.45) is 0. The summed E-state index contributed by atoms with van der Waals surface area (Å²) in [5, 5.41) is 8.39. The number of hydrogen-bond acceptors (Lipinski definition) is 1. The van der Waals surface area contributed by atoms with Gasteiger partial charge in [-0.25, -0.2) is 0 Å². The fourth-order valence-corrected chi connectivity index (χ4v) is 1.44. The smallest absolute Gasteiger partial charge is 0.116 e. The first-order valence-electron chi connectivity index (χ1n) is 2.51. The van der Waals surface area contributed by atoms with Gasteiger partial charge in [-0.2, -0.15) is 0 Å². The van der Waals surface area contributed by atoms with Gasteiger partial charge in [-0.3, -0.25) is 0 Å². The molecule has 0 fully saturated rings. The lowest BCUT2D eigenvalue weighted by atomic mass is 9.98. The summed E-state index contributed by atoms with van der Waals surface area (Å²) in [7, 11) is 0. The van der Waals surface area contributed by atoms with Crippen molar-refractivity contribution < 1.29 is 5.11 Å². The molecule has 0 saturated carbocycles. The summed E-state index contributed by atoms with van der Waals surface area (Å²) < 4.78 is 0. The summed E-state index contributed by atoms with van der Waals surface area (Å²) in [5.41, 5.74) is -0.414. The Morgan fingerprint density at radius 3 is 1.89 bits per heavy atom. The zero-order valence-electron chi connectivity index (χ0n) is 5.07. The maximum atomic E-state index is 9.02. The van der Waals surface area contributed by atoms with E-state index in [0.717, 1.165) is 0 Å². The second-order valence-corrected chi connectivity index (χ2v) is 3.66. The van der Waals surface area contributed by atoms with E-state index in [4.69, 9.17) is 28.3 Å². The molecule has 0 aliphatic heterocycles. The van der Waals surface area contributed by atoms with Crippen molar-refractivity contribution in [2.45, 2.75) is 11.9 Å². The summed E-state index contributed by atoms with van der Waals surface area (Å²) >= 11 is 14.1. The lowest BCUT2D eigenvalue weighted by Gasteiger charge is -2.25. The number of rotatable bonds is 3. The number of hydrogen-bond donors (Lipinski definition) is 1. The van der Waals surface area contributed by atoms with Crippen molar-refractivity contribution in [3.05, 3.63) is 0 Å². The third-order valence-corrected chi connectivity index (χ3v) is 3.51. The van der Waals surface area contributed by atoms with Crippen LogP contribution in [-0.4, -0.2) is 21.9 Å². The van der Waals surface area contributed by atoms with Crippen LogP contribution >= 0.6 is 39.1 Å². The van der Waals surface area contributed by atoms with Gasteiger partial charge in [0.25, 0.3) is 0 Å². The van der Waals surface area contributed by atoms with Crippen molar-refractivity contribution in [3.63, 3.8) is 0 Å². The van der Waals surface area contributed by atoms with Crippen LogP contribution in [0.4, 0.5) is 0 Å². The van der Waals surface area contributed by atoms with Gasteiger partial charge in [0.2, 0.25) is 0 Å². The molecule has 0 heterocycles. The Bertz CT molecular complexity index is 83.0. The predicted octanol–water partition coefficient (Wildman–Crippen LogP) is 2.18. The maximum Gasteiger partial charge on any atom is 0.116 e. The second kappa shape index (κ2) is 4.02. The molecule has 9 heavy (non-hydrogen) atoms. The Balaban J connectivity index is 3.92. The van der Waals surface area contributed by atoms with Crippen LogP contribution in [0.25, 0.3) is 0 Å². The molecule has 0 spiro atoms. The Kier molecular flexibility index (Phi) is 4.47. The molecule has 0 saturated heterocycles. The van der Waals surface area contributed by atoms with Gasteiger partial charge < -0.3 is 5.11 Å². The van der Waals surface area contributed by atoms with Crippen molar-refractivity contribution in [2.75, 3.05) is 11.8 Å². The highest BCUT2D eigenvalue weighted by atomic mass is 79.9. The molecule has 1 atom stereocenters. The van der Waals surface area contributed by atoms with E-state index in [0.29, 0.717) is 11.8 Å². The lowest BCUT2D eigenvalue weighted by Crippen LogP contribution is -2.31. The van der Waals surface area contributed by atoms with Crippen molar-refractivity contribution in [1.29, 1.82) is 0 Å². The number of aliphatic hydroxyl groups excluding tert-OH is 1. The topological polar surface area (TPSA) is 20.2 Å². The van der Waals surface area contributed by atoms with Crippen molar-refractivity contribution in [1.82, 2.24) is 0 Å². The van der Waals surface area contributed by atoms with Crippen molar-refractivity contribution in [3.8, 4) is 0 Å². The SMILES string of the molecule is CC(CCl)(CCl)C(O)Br. The molecule has 1 unspecified atom stereocenters. The standard InChI is InChI=1S/C5H9BrCl2O/c1-5(2-7,3-8)4(6)9/h4,9H,2-3H2,1H3. The van der Waals surface area contributed by atoms with E-state index in [2.05, 4.69) is 15.9 Å². The minimum Gasteiger partial charge on any atom is -0.381 e. The average Bonchev–Trinajstić information content (AvgIpc) is 1.86. The number of halogens is 3. The van der Waals surface area contributed by atoms with E-state index < -0.39 is 10.4 Å². The summed E-state index contributed by atoms with van der Waals surface area (Å²) in [6, 6.07) is 0. The normalized spacial score (nSPS) is 15.7. The van der Waals surface area contributed by atoms with Gasteiger partial charge in [-0.15, -0.1) is 23.2 Å². The first-order chi connectivity index (χ1) is 4.06. The van der Waals surface area contributed by atoms with E-state index in [1.807, 2.05) is 6.92 Å². The molecule has 1 nitrogen and oxygen atoms in total. The van der Waals surface area contributed by atoms with Gasteiger partial charge in [0.1, 0.15) is 5.01 Å². The molecule has 0 rings (SSSR count). The fourth-order valence-electron chi connectivity index (χ4n) is 0.163. The largest absolute Gasteiger partial charge is 0.381 e. The minimum absolute atomic E-state index is 0.350. The van der Waals surface area contributed by atoms with Crippen LogP contribution in [-0.2, 0) is 0 Å². The molecule has 0 aliphatic carbocycles. The first kappa shape index (κ1) is 10.0. The Morgan fingerprint density at radius 1 is 1.56 bits per heavy atom. The number of alkyl halides is 3. The van der Waals surface area contributed by atoms with E-state index >= 15 is 0 Å². The molecule has 0 aliphatic rings. The quantitative estimate of drug-likeness (QED) is 0.744. The Morgan fingerprint density at radius 2 is 1.89 bits per heavy atom. The van der Waals surface area contributed by atoms with Crippen LogP contribution in [0.3, 0.4) is 0 Å². The molecule has 0 amide bonds. The van der Waals surface area contributed by atoms with Crippen LogP contribution < -0.4 is 0 Å². The molecule has 56 valence electrons. The van der Waals surface area contributed by atoms with E-state index in [1.165, 1.54) is 0 Å². The van der Waals surface area contributed by atoms with Gasteiger partial charge in [0, 0.05) is 17.2 Å². The van der Waals surface area contributed by atoms with Crippen molar-refractivity contribution in [2.24, 2.45) is 5.41 Å². The monoisotopic (exact) mass is 234 g/mol. The van der Waals surface area contributed by atoms with Gasteiger partial charge in [0.15, 0.2) is 0 Å². The van der Waals surface area contributed by atoms with Crippen LogP contribution in [0.15, 0.2) is 0 Å². The average molecular weight is 236 g/mol. The molecule has 0 bridgehead atoms. The lowest BCUT2D eigenvalue weighted by molar-refractivity contribution is 0.154. The van der Waals surface area contributed by atoms with Crippen LogP contribution in [0.5, 0.6) is 0 Å². The minimum atomic E-state index is -0.625. The molecule has 0 aromatic rings. The highest BCUT2D eigenvalue weighted by Crippen LogP contribution is 2.28. The highest BCUT2D eigenvalue weighted by Gasteiger charge is 2.29. The Hall–Kier alpha value is 1.02. The third-order valence-electron chi connectivity index (χ3n) is 1.19. The molecule has 4 heteroatoms. The van der Waals surface area contributed by atoms with Crippen LogP contribution in [0, 0.1) is 5.41 Å². The van der Waals surface area contributed by atoms with E-state index in [-0.39, 0.29) is 0 Å². The molecule has 0 aromatic carbocycles. The summed E-state index contributed by atoms with van der Waals surface area (Å²) in [5.74, 6) is 0.700. The van der Waals surface area contributed by atoms with Crippen LogP contribution in [0.2, 0.25) is 0 Å². The Labute approximate surface area is 73.5 Å². The van der Waals surface area contributed by atoms with Crippen molar-refractivity contribution >= 4 is 39.1 Å². The number of aliphatic hydroxyl groups is 1. The fraction of sp³-hybridized carbons (Fsp3) is 1.00. The van der Waals surface area contributed by atoms with Gasteiger partial charge in [-0.1, -0.05) is 22.9 Å². The maximum absolute atomic E-state index is 9.02. The zero-order valence-corrected chi connectivity index (χ0v) is 8.17. The highest BCUT2D eigenvalue weighted by molar-refractivity contribution is 9.09. The molecular weight excluding hydrogens is 227 g/mol. The van der Waals surface area contributed by atoms with Gasteiger partial charge in [0.05, 0.1) is 0 Å². The third kappa shape index (κ3) is 2.62. The van der Waals surface area contributed by atoms with Crippen LogP contribution in [0.1, 0.15) is 6.92 Å². The van der Waals surface area contributed by atoms with E-state index in [9.17, 15) is 0 Å². The first-order valence-corrected chi connectivity index (χ1v) is 4.49. The van der Waals surface area contributed by atoms with E-state index in [1.54, 1.807) is 0 Å².